The molecule has 7 nitrogen and oxygen atoms in total. The Balaban J connectivity index is 1.74. The average Bonchev–Trinajstić information content (AvgIpc) is 3.23. The zero-order valence-electron chi connectivity index (χ0n) is 16.6. The number of hydrogen-bond donors (Lipinski definition) is 2. The fourth-order valence-corrected chi connectivity index (χ4v) is 7.16. The maximum absolute atomic E-state index is 13.1. The third kappa shape index (κ3) is 4.79. The highest BCUT2D eigenvalue weighted by Gasteiger charge is 2.45. The Morgan fingerprint density at radius 1 is 1.41 bits per heavy atom. The van der Waals surface area contributed by atoms with Crippen molar-refractivity contribution in [3.63, 3.8) is 0 Å². The second-order valence-corrected chi connectivity index (χ2v) is 14.0. The first-order valence-electron chi connectivity index (χ1n) is 9.75. The van der Waals surface area contributed by atoms with Gasteiger partial charge in [0.1, 0.15) is 12.1 Å². The Kier molecular flexibility index (Phi) is 6.29. The van der Waals surface area contributed by atoms with Gasteiger partial charge in [-0.3, -0.25) is 14.4 Å². The van der Waals surface area contributed by atoms with Crippen molar-refractivity contribution in [2.45, 2.75) is 44.1 Å². The highest BCUT2D eigenvalue weighted by atomic mass is 35.5. The predicted molar refractivity (Wildman–Crippen MR) is 112 cm³/mol. The smallest absolute Gasteiger partial charge is 0.255 e. The Hall–Kier alpha value is -2.37. The number of amides is 3. The summed E-state index contributed by atoms with van der Waals surface area (Å²) in [5.74, 6) is -0.953. The second kappa shape index (κ2) is 8.55. The lowest BCUT2D eigenvalue weighted by atomic mass is 9.99. The molecule has 0 radical (unpaired) electrons. The summed E-state index contributed by atoms with van der Waals surface area (Å²) in [5.41, 5.74) is 0.373. The molecular weight excluding hydrogens is 408 g/mol. The number of nitrogens with one attached hydrogen (secondary N) is 2. The van der Waals surface area contributed by atoms with Crippen LogP contribution in [0.3, 0.4) is 0 Å². The molecule has 2 heterocycles. The van der Waals surface area contributed by atoms with Gasteiger partial charge in [0, 0.05) is 18.6 Å². The maximum atomic E-state index is 13.1. The van der Waals surface area contributed by atoms with Crippen LogP contribution in [0.4, 0.5) is 0 Å². The van der Waals surface area contributed by atoms with Crippen LogP contribution in [0.1, 0.15) is 23.2 Å². The van der Waals surface area contributed by atoms with E-state index in [2.05, 4.69) is 29.8 Å². The molecule has 3 atom stereocenters. The number of halogens is 1. The molecule has 0 spiro atoms. The van der Waals surface area contributed by atoms with Gasteiger partial charge in [-0.05, 0) is 31.0 Å². The Morgan fingerprint density at radius 2 is 2.14 bits per heavy atom. The summed E-state index contributed by atoms with van der Waals surface area (Å²) in [6.07, 6.45) is 1.49. The fraction of sp³-hybridized carbons (Fsp3) is 0.500. The van der Waals surface area contributed by atoms with Gasteiger partial charge in [0.15, 0.2) is 0 Å². The SMILES string of the molecule is C[Si]1(C)C[C@@H](C(=O)N[C@H](C#N)C[C@@H]2CCNC2=O)N(C(=O)c2ccccc2Cl)C1. The zero-order valence-corrected chi connectivity index (χ0v) is 18.3. The van der Waals surface area contributed by atoms with Crippen LogP contribution in [-0.2, 0) is 9.59 Å². The number of nitrogens with zero attached hydrogens (tertiary/aromatic N) is 2. The van der Waals surface area contributed by atoms with E-state index in [4.69, 9.17) is 11.6 Å². The standard InChI is InChI=1S/C20H25ClN4O3Si/c1-29(2)11-17(25(12-29)20(28)15-5-3-4-6-16(15)21)19(27)24-14(10-22)9-13-7-8-23-18(13)26/h3-6,13-14,17H,7-9,11-12H2,1-2H3,(H,23,26)(H,24,27)/t13-,14-,17-/m0/s1. The number of nitriles is 1. The summed E-state index contributed by atoms with van der Waals surface area (Å²) in [5, 5.41) is 15.3. The fourth-order valence-electron chi connectivity index (χ4n) is 4.07. The molecule has 0 bridgehead atoms. The van der Waals surface area contributed by atoms with Crippen LogP contribution in [0.15, 0.2) is 24.3 Å². The molecule has 1 aromatic rings. The third-order valence-corrected chi connectivity index (χ3v) is 8.56. The molecule has 1 aromatic carbocycles. The third-order valence-electron chi connectivity index (χ3n) is 5.54. The molecule has 29 heavy (non-hydrogen) atoms. The summed E-state index contributed by atoms with van der Waals surface area (Å²) >= 11 is 6.19. The molecule has 0 unspecified atom stereocenters. The second-order valence-electron chi connectivity index (χ2n) is 8.50. The molecule has 0 aromatic heterocycles. The molecule has 9 heteroatoms. The van der Waals surface area contributed by atoms with Crippen LogP contribution < -0.4 is 10.6 Å². The molecule has 154 valence electrons. The first-order valence-corrected chi connectivity index (χ1v) is 13.5. The molecule has 0 aliphatic carbocycles. The van der Waals surface area contributed by atoms with Crippen molar-refractivity contribution in [2.75, 3.05) is 12.7 Å². The average molecular weight is 433 g/mol. The summed E-state index contributed by atoms with van der Waals surface area (Å²) in [4.78, 5) is 39.5. The van der Waals surface area contributed by atoms with Crippen molar-refractivity contribution in [2.24, 2.45) is 5.92 Å². The largest absolute Gasteiger partial charge is 0.356 e. The van der Waals surface area contributed by atoms with E-state index in [0.717, 1.165) is 0 Å². The van der Waals surface area contributed by atoms with Gasteiger partial charge in [-0.1, -0.05) is 36.8 Å². The van der Waals surface area contributed by atoms with Crippen molar-refractivity contribution in [3.8, 4) is 6.07 Å². The van der Waals surface area contributed by atoms with Crippen LogP contribution in [0.2, 0.25) is 24.2 Å². The van der Waals surface area contributed by atoms with Gasteiger partial charge >= 0.3 is 0 Å². The van der Waals surface area contributed by atoms with E-state index >= 15 is 0 Å². The van der Waals surface area contributed by atoms with Crippen LogP contribution in [0.5, 0.6) is 0 Å². The van der Waals surface area contributed by atoms with Crippen LogP contribution in [-0.4, -0.2) is 55.5 Å². The number of benzene rings is 1. The highest BCUT2D eigenvalue weighted by molar-refractivity contribution is 6.79. The molecule has 3 amide bonds. The Bertz CT molecular complexity index is 870. The van der Waals surface area contributed by atoms with E-state index in [1.165, 1.54) is 0 Å². The summed E-state index contributed by atoms with van der Waals surface area (Å²) in [6, 6.07) is 8.11. The molecule has 2 aliphatic heterocycles. The number of carbonyl (C=O) groups is 3. The van der Waals surface area contributed by atoms with Crippen molar-refractivity contribution >= 4 is 37.4 Å². The van der Waals surface area contributed by atoms with Crippen molar-refractivity contribution in [1.29, 1.82) is 5.26 Å². The quantitative estimate of drug-likeness (QED) is 0.694. The molecular formula is C20H25ClN4O3Si. The highest BCUT2D eigenvalue weighted by Crippen LogP contribution is 2.30. The van der Waals surface area contributed by atoms with E-state index in [1.807, 2.05) is 0 Å². The van der Waals surface area contributed by atoms with Crippen molar-refractivity contribution < 1.29 is 14.4 Å². The first kappa shape index (κ1) is 21.3. The maximum Gasteiger partial charge on any atom is 0.255 e. The lowest BCUT2D eigenvalue weighted by molar-refractivity contribution is -0.126. The van der Waals surface area contributed by atoms with Gasteiger partial charge in [-0.15, -0.1) is 0 Å². The Labute approximate surface area is 176 Å². The van der Waals surface area contributed by atoms with Gasteiger partial charge in [0.2, 0.25) is 11.8 Å². The first-order chi connectivity index (χ1) is 13.7. The molecule has 0 saturated carbocycles. The van der Waals surface area contributed by atoms with Gasteiger partial charge in [0.25, 0.3) is 5.91 Å². The van der Waals surface area contributed by atoms with E-state index in [9.17, 15) is 19.6 Å². The minimum absolute atomic E-state index is 0.0792. The Morgan fingerprint density at radius 3 is 2.76 bits per heavy atom. The normalized spacial score (nSPS) is 23.9. The van der Waals surface area contributed by atoms with E-state index < -0.39 is 20.2 Å². The predicted octanol–water partition coefficient (Wildman–Crippen LogP) is 1.95. The van der Waals surface area contributed by atoms with Gasteiger partial charge in [0.05, 0.1) is 24.7 Å². The van der Waals surface area contributed by atoms with Crippen LogP contribution in [0.25, 0.3) is 0 Å². The zero-order chi connectivity index (χ0) is 21.2. The van der Waals surface area contributed by atoms with Crippen molar-refractivity contribution in [3.05, 3.63) is 34.9 Å². The number of hydrogen-bond acceptors (Lipinski definition) is 4. The summed E-state index contributed by atoms with van der Waals surface area (Å²) < 4.78 is 0. The van der Waals surface area contributed by atoms with E-state index in [1.54, 1.807) is 29.2 Å². The van der Waals surface area contributed by atoms with Gasteiger partial charge in [-0.2, -0.15) is 5.26 Å². The molecule has 2 N–H and O–H groups in total. The van der Waals surface area contributed by atoms with Gasteiger partial charge < -0.3 is 15.5 Å². The van der Waals surface area contributed by atoms with Crippen molar-refractivity contribution in [1.82, 2.24) is 15.5 Å². The topological polar surface area (TPSA) is 102 Å². The molecule has 2 saturated heterocycles. The summed E-state index contributed by atoms with van der Waals surface area (Å²) in [6.45, 7) is 4.87. The van der Waals surface area contributed by atoms with E-state index in [0.29, 0.717) is 35.8 Å². The minimum atomic E-state index is -1.80. The summed E-state index contributed by atoms with van der Waals surface area (Å²) in [7, 11) is -1.80. The van der Waals surface area contributed by atoms with Crippen LogP contribution in [0, 0.1) is 17.2 Å². The lowest BCUT2D eigenvalue weighted by Crippen LogP contribution is -2.49. The monoisotopic (exact) mass is 432 g/mol. The van der Waals surface area contributed by atoms with Crippen LogP contribution >= 0.6 is 11.6 Å². The number of rotatable bonds is 5. The van der Waals surface area contributed by atoms with E-state index in [-0.39, 0.29) is 30.1 Å². The minimum Gasteiger partial charge on any atom is -0.356 e. The number of carbonyl (C=O) groups excluding carboxylic acids is 3. The molecule has 3 rings (SSSR count). The van der Waals surface area contributed by atoms with Gasteiger partial charge in [-0.25, -0.2) is 0 Å². The lowest BCUT2D eigenvalue weighted by Gasteiger charge is -2.26. The molecule has 2 fully saturated rings. The molecule has 2 aliphatic rings.